The van der Waals surface area contributed by atoms with Crippen molar-refractivity contribution in [2.24, 2.45) is 0 Å². The number of nitrogens with zero attached hydrogens (tertiary/aromatic N) is 1. The van der Waals surface area contributed by atoms with Crippen molar-refractivity contribution in [2.45, 2.75) is 0 Å². The van der Waals surface area contributed by atoms with E-state index in [1.54, 1.807) is 6.07 Å². The maximum Gasteiger partial charge on any atom is 0.345 e. The number of aromatic nitrogens is 1. The molecule has 4 nitrogen and oxygen atoms in total. The number of carboxylic acids is 1. The third-order valence-electron chi connectivity index (χ3n) is 1.78. The summed E-state index contributed by atoms with van der Waals surface area (Å²) in [6.07, 6.45) is 2.19. The van der Waals surface area contributed by atoms with Gasteiger partial charge in [0, 0.05) is 11.8 Å². The van der Waals surface area contributed by atoms with Crippen LogP contribution in [0.2, 0.25) is 0 Å². The molecule has 0 amide bonds. The first-order valence-corrected chi connectivity index (χ1v) is 4.61. The number of rotatable bonds is 2. The maximum atomic E-state index is 10.7. The largest absolute Gasteiger partial charge is 0.477 e. The van der Waals surface area contributed by atoms with Crippen LogP contribution in [0.3, 0.4) is 0 Å². The molecular weight excluding hydrogens is 202 g/mol. The van der Waals surface area contributed by atoms with E-state index in [0.29, 0.717) is 22.1 Å². The lowest BCUT2D eigenvalue weighted by molar-refractivity contribution is 0.0702. The van der Waals surface area contributed by atoms with E-state index in [1.165, 1.54) is 12.3 Å². The molecule has 70 valence electrons. The average Bonchev–Trinajstić information content (AvgIpc) is 2.60. The van der Waals surface area contributed by atoms with E-state index in [1.807, 2.05) is 0 Å². The number of aromatic carboxylic acids is 1. The van der Waals surface area contributed by atoms with Gasteiger partial charge in [0.25, 0.3) is 0 Å². The lowest BCUT2D eigenvalue weighted by atomic mass is 10.2. The molecule has 2 aromatic heterocycles. The summed E-state index contributed by atoms with van der Waals surface area (Å²) in [5.74, 6) is -0.996. The van der Waals surface area contributed by atoms with Crippen LogP contribution < -0.4 is 0 Å². The standard InChI is InChI=1S/C9H5NO3S/c11-4-5-1-2-10-6-3-7(9(12)13)14-8(5)6/h1-4H,(H,12,13). The van der Waals surface area contributed by atoms with Gasteiger partial charge < -0.3 is 5.11 Å². The fraction of sp³-hybridized carbons (Fsp3) is 0. The second kappa shape index (κ2) is 3.19. The number of fused-ring (bicyclic) bond motifs is 1. The fourth-order valence-electron chi connectivity index (χ4n) is 1.16. The van der Waals surface area contributed by atoms with Gasteiger partial charge >= 0.3 is 5.97 Å². The quantitative estimate of drug-likeness (QED) is 0.762. The monoisotopic (exact) mass is 207 g/mol. The third-order valence-corrected chi connectivity index (χ3v) is 2.94. The van der Waals surface area contributed by atoms with Crippen LogP contribution in [-0.2, 0) is 0 Å². The molecule has 0 fully saturated rings. The highest BCUT2D eigenvalue weighted by Gasteiger charge is 2.11. The summed E-state index contributed by atoms with van der Waals surface area (Å²) in [6, 6.07) is 3.03. The van der Waals surface area contributed by atoms with Gasteiger partial charge in [-0.1, -0.05) is 0 Å². The van der Waals surface area contributed by atoms with Crippen molar-refractivity contribution in [2.75, 3.05) is 0 Å². The minimum absolute atomic E-state index is 0.196. The van der Waals surface area contributed by atoms with Crippen molar-refractivity contribution < 1.29 is 14.7 Å². The van der Waals surface area contributed by atoms with E-state index in [-0.39, 0.29) is 4.88 Å². The summed E-state index contributed by atoms with van der Waals surface area (Å²) in [4.78, 5) is 25.5. The molecule has 0 spiro atoms. The molecule has 0 bridgehead atoms. The SMILES string of the molecule is O=Cc1ccnc2cc(C(=O)O)sc12. The van der Waals surface area contributed by atoms with Gasteiger partial charge in [0.05, 0.1) is 10.2 Å². The first kappa shape index (κ1) is 8.83. The van der Waals surface area contributed by atoms with E-state index in [4.69, 9.17) is 5.11 Å². The number of hydrogen-bond acceptors (Lipinski definition) is 4. The first-order chi connectivity index (χ1) is 6.72. The molecular formula is C9H5NO3S. The van der Waals surface area contributed by atoms with Crippen LogP contribution in [-0.4, -0.2) is 22.3 Å². The Balaban J connectivity index is 2.76. The summed E-state index contributed by atoms with van der Waals surface area (Å²) in [6.45, 7) is 0. The minimum atomic E-state index is -0.996. The van der Waals surface area contributed by atoms with Crippen LogP contribution in [0.15, 0.2) is 18.3 Å². The van der Waals surface area contributed by atoms with Crippen LogP contribution >= 0.6 is 11.3 Å². The van der Waals surface area contributed by atoms with Crippen molar-refractivity contribution in [3.8, 4) is 0 Å². The Morgan fingerprint density at radius 1 is 1.57 bits per heavy atom. The van der Waals surface area contributed by atoms with Gasteiger partial charge in [0.2, 0.25) is 0 Å². The van der Waals surface area contributed by atoms with Gasteiger partial charge in [0.15, 0.2) is 6.29 Å². The van der Waals surface area contributed by atoms with Crippen LogP contribution in [0.25, 0.3) is 10.2 Å². The third kappa shape index (κ3) is 1.27. The molecule has 0 saturated heterocycles. The van der Waals surface area contributed by atoms with E-state index in [0.717, 1.165) is 11.3 Å². The van der Waals surface area contributed by atoms with Crippen LogP contribution in [0, 0.1) is 0 Å². The number of aldehydes is 1. The Hall–Kier alpha value is -1.75. The van der Waals surface area contributed by atoms with Crippen LogP contribution in [0.5, 0.6) is 0 Å². The minimum Gasteiger partial charge on any atom is -0.477 e. The van der Waals surface area contributed by atoms with E-state index in [2.05, 4.69) is 4.98 Å². The summed E-state index contributed by atoms with van der Waals surface area (Å²) < 4.78 is 0.625. The zero-order chi connectivity index (χ0) is 10.1. The summed E-state index contributed by atoms with van der Waals surface area (Å²) in [5.41, 5.74) is 1.03. The lowest BCUT2D eigenvalue weighted by Crippen LogP contribution is -1.89. The van der Waals surface area contributed by atoms with Gasteiger partial charge in [-0.25, -0.2) is 4.79 Å². The van der Waals surface area contributed by atoms with Crippen molar-refractivity contribution >= 4 is 33.8 Å². The average molecular weight is 207 g/mol. The lowest BCUT2D eigenvalue weighted by Gasteiger charge is -1.89. The Kier molecular flexibility index (Phi) is 2.01. The zero-order valence-electron chi connectivity index (χ0n) is 6.93. The Labute approximate surface area is 82.8 Å². The molecule has 14 heavy (non-hydrogen) atoms. The normalized spacial score (nSPS) is 10.3. The molecule has 0 unspecified atom stereocenters. The van der Waals surface area contributed by atoms with Crippen molar-refractivity contribution in [1.82, 2.24) is 4.98 Å². The zero-order valence-corrected chi connectivity index (χ0v) is 7.75. The molecule has 5 heteroatoms. The number of pyridine rings is 1. The summed E-state index contributed by atoms with van der Waals surface area (Å²) >= 11 is 1.06. The van der Waals surface area contributed by atoms with E-state index < -0.39 is 5.97 Å². The van der Waals surface area contributed by atoms with Crippen molar-refractivity contribution in [3.63, 3.8) is 0 Å². The highest BCUT2D eigenvalue weighted by Crippen LogP contribution is 2.26. The van der Waals surface area contributed by atoms with Crippen molar-refractivity contribution in [1.29, 1.82) is 0 Å². The maximum absolute atomic E-state index is 10.7. The molecule has 2 rings (SSSR count). The first-order valence-electron chi connectivity index (χ1n) is 3.79. The number of carbonyl (C=O) groups excluding carboxylic acids is 1. The van der Waals surface area contributed by atoms with Crippen LogP contribution in [0.1, 0.15) is 20.0 Å². The number of thiophene rings is 1. The van der Waals surface area contributed by atoms with Gasteiger partial charge in [-0.2, -0.15) is 0 Å². The highest BCUT2D eigenvalue weighted by atomic mass is 32.1. The second-order valence-electron chi connectivity index (χ2n) is 2.65. The topological polar surface area (TPSA) is 67.3 Å². The molecule has 0 saturated carbocycles. The summed E-state index contributed by atoms with van der Waals surface area (Å²) in [5, 5.41) is 8.74. The Bertz CT molecular complexity index is 518. The smallest absolute Gasteiger partial charge is 0.345 e. The van der Waals surface area contributed by atoms with Gasteiger partial charge in [0.1, 0.15) is 4.88 Å². The Morgan fingerprint density at radius 2 is 2.36 bits per heavy atom. The molecule has 0 aliphatic rings. The Morgan fingerprint density at radius 3 is 3.00 bits per heavy atom. The highest BCUT2D eigenvalue weighted by molar-refractivity contribution is 7.21. The van der Waals surface area contributed by atoms with Gasteiger partial charge in [-0.05, 0) is 12.1 Å². The molecule has 2 heterocycles. The summed E-state index contributed by atoms with van der Waals surface area (Å²) in [7, 11) is 0. The molecule has 0 atom stereocenters. The van der Waals surface area contributed by atoms with Crippen molar-refractivity contribution in [3.05, 3.63) is 28.8 Å². The van der Waals surface area contributed by atoms with E-state index >= 15 is 0 Å². The predicted octanol–water partition coefficient (Wildman–Crippen LogP) is 1.81. The number of carboxylic acid groups (broad SMARTS) is 1. The molecule has 0 radical (unpaired) electrons. The van der Waals surface area contributed by atoms with Crippen LogP contribution in [0.4, 0.5) is 0 Å². The van der Waals surface area contributed by atoms with Gasteiger partial charge in [-0.15, -0.1) is 11.3 Å². The fourth-order valence-corrected chi connectivity index (χ4v) is 2.08. The molecule has 0 aromatic carbocycles. The second-order valence-corrected chi connectivity index (χ2v) is 3.70. The van der Waals surface area contributed by atoms with E-state index in [9.17, 15) is 9.59 Å². The number of hydrogen-bond donors (Lipinski definition) is 1. The molecule has 0 aliphatic carbocycles. The van der Waals surface area contributed by atoms with Gasteiger partial charge in [-0.3, -0.25) is 9.78 Å². The molecule has 0 aliphatic heterocycles. The number of carbonyl (C=O) groups is 2. The predicted molar refractivity (Wildman–Crippen MR) is 52.0 cm³/mol. The molecule has 2 aromatic rings. The molecule has 1 N–H and O–H groups in total.